The van der Waals surface area contributed by atoms with Crippen LogP contribution in [0.2, 0.25) is 0 Å². The molecule has 0 amide bonds. The summed E-state index contributed by atoms with van der Waals surface area (Å²) in [6, 6.07) is 3.11. The minimum Gasteiger partial charge on any atom is -0.317 e. The van der Waals surface area contributed by atoms with Gasteiger partial charge in [-0.1, -0.05) is 11.8 Å². The Hall–Kier alpha value is -0.850. The maximum atomic E-state index is 10.8. The molecule has 0 unspecified atom stereocenters. The first kappa shape index (κ1) is 14.2. The van der Waals surface area contributed by atoms with Crippen molar-refractivity contribution in [1.82, 2.24) is 10.3 Å². The van der Waals surface area contributed by atoms with Crippen LogP contribution in [-0.2, 0) is 0 Å². The predicted octanol–water partition coefficient (Wildman–Crippen LogP) is 2.26. The maximum absolute atomic E-state index is 10.8. The molecular weight excluding hydrogens is 262 g/mol. The van der Waals surface area contributed by atoms with Crippen molar-refractivity contribution in [3.05, 3.63) is 28.4 Å². The third-order valence-electron chi connectivity index (χ3n) is 2.51. The molecule has 0 atom stereocenters. The van der Waals surface area contributed by atoms with E-state index in [4.69, 9.17) is 0 Å². The third-order valence-corrected chi connectivity index (χ3v) is 3.85. The number of aromatic nitrogens is 1. The number of nitrogens with zero attached hydrogens (tertiary/aromatic N) is 2. The summed E-state index contributed by atoms with van der Waals surface area (Å²) in [5, 5.41) is 15.1. The fraction of sp³-hybridized carbons (Fsp3) is 0.500. The lowest BCUT2D eigenvalue weighted by atomic mass is 10.2. The van der Waals surface area contributed by atoms with Crippen LogP contribution < -0.4 is 5.32 Å². The molecule has 1 saturated heterocycles. The second kappa shape index (κ2) is 6.78. The number of nitrogens with one attached hydrogen (secondary N) is 1. The number of halogens is 1. The Morgan fingerprint density at radius 2 is 2.18 bits per heavy atom. The normalized spacial score (nSPS) is 16.2. The van der Waals surface area contributed by atoms with Crippen molar-refractivity contribution in [2.24, 2.45) is 0 Å². The first-order chi connectivity index (χ1) is 7.77. The third kappa shape index (κ3) is 3.83. The van der Waals surface area contributed by atoms with Crippen LogP contribution in [0.5, 0.6) is 0 Å². The highest BCUT2D eigenvalue weighted by atomic mass is 35.5. The predicted molar refractivity (Wildman–Crippen MR) is 69.9 cm³/mol. The largest absolute Gasteiger partial charge is 0.317 e. The van der Waals surface area contributed by atoms with Crippen LogP contribution in [0.4, 0.5) is 5.69 Å². The number of hydrogen-bond acceptors (Lipinski definition) is 5. The number of piperidine rings is 1. The molecule has 2 rings (SSSR count). The molecule has 0 spiro atoms. The van der Waals surface area contributed by atoms with Gasteiger partial charge in [-0.25, -0.2) is 4.98 Å². The Morgan fingerprint density at radius 3 is 2.82 bits per heavy atom. The molecule has 1 aromatic heterocycles. The first-order valence-electron chi connectivity index (χ1n) is 5.24. The van der Waals surface area contributed by atoms with Gasteiger partial charge >= 0.3 is 5.69 Å². The van der Waals surface area contributed by atoms with Crippen molar-refractivity contribution in [3.63, 3.8) is 0 Å². The average Bonchev–Trinajstić information content (AvgIpc) is 2.31. The van der Waals surface area contributed by atoms with Crippen molar-refractivity contribution < 1.29 is 4.92 Å². The van der Waals surface area contributed by atoms with E-state index in [9.17, 15) is 10.1 Å². The van der Waals surface area contributed by atoms with E-state index in [1.807, 2.05) is 0 Å². The molecule has 0 aromatic carbocycles. The van der Waals surface area contributed by atoms with Gasteiger partial charge in [-0.15, -0.1) is 12.4 Å². The van der Waals surface area contributed by atoms with Crippen molar-refractivity contribution >= 4 is 29.9 Å². The number of pyridine rings is 1. The Kier molecular flexibility index (Phi) is 5.67. The Balaban J connectivity index is 0.00000144. The van der Waals surface area contributed by atoms with E-state index in [1.165, 1.54) is 17.8 Å². The second-order valence-electron chi connectivity index (χ2n) is 3.65. The molecule has 1 aromatic rings. The number of rotatable bonds is 3. The van der Waals surface area contributed by atoms with Crippen LogP contribution in [0.25, 0.3) is 0 Å². The zero-order valence-electron chi connectivity index (χ0n) is 9.17. The Bertz CT molecular complexity index is 386. The highest BCUT2D eigenvalue weighted by molar-refractivity contribution is 8.00. The zero-order valence-corrected chi connectivity index (χ0v) is 10.8. The van der Waals surface area contributed by atoms with Crippen LogP contribution >= 0.6 is 24.2 Å². The van der Waals surface area contributed by atoms with Gasteiger partial charge in [0.2, 0.25) is 0 Å². The molecule has 1 aliphatic heterocycles. The standard InChI is InChI=1S/C10H13N3O2S.ClH/c14-13(15)9-2-1-5-12-10(9)16-8-3-6-11-7-4-8;/h1-2,5,8,11H,3-4,6-7H2;1H. The number of nitro groups is 1. The Morgan fingerprint density at radius 1 is 1.47 bits per heavy atom. The topological polar surface area (TPSA) is 68.1 Å². The quantitative estimate of drug-likeness (QED) is 0.677. The number of thioether (sulfide) groups is 1. The van der Waals surface area contributed by atoms with Gasteiger partial charge in [-0.05, 0) is 32.0 Å². The second-order valence-corrected chi connectivity index (χ2v) is 4.94. The van der Waals surface area contributed by atoms with E-state index >= 15 is 0 Å². The summed E-state index contributed by atoms with van der Waals surface area (Å²) in [6.07, 6.45) is 3.69. The van der Waals surface area contributed by atoms with Crippen molar-refractivity contribution in [1.29, 1.82) is 0 Å². The molecule has 17 heavy (non-hydrogen) atoms. The molecule has 0 aliphatic carbocycles. The van der Waals surface area contributed by atoms with E-state index < -0.39 is 0 Å². The fourth-order valence-corrected chi connectivity index (χ4v) is 2.86. The van der Waals surface area contributed by atoms with Crippen molar-refractivity contribution in [2.45, 2.75) is 23.1 Å². The van der Waals surface area contributed by atoms with E-state index in [0.29, 0.717) is 10.3 Å². The summed E-state index contributed by atoms with van der Waals surface area (Å²) in [5.41, 5.74) is 0.117. The molecule has 1 fully saturated rings. The highest BCUT2D eigenvalue weighted by Crippen LogP contribution is 2.32. The molecule has 94 valence electrons. The van der Waals surface area contributed by atoms with Crippen LogP contribution in [-0.4, -0.2) is 28.2 Å². The summed E-state index contributed by atoms with van der Waals surface area (Å²) in [4.78, 5) is 14.5. The zero-order chi connectivity index (χ0) is 11.4. The minimum atomic E-state index is -0.365. The lowest BCUT2D eigenvalue weighted by molar-refractivity contribution is -0.388. The van der Waals surface area contributed by atoms with Gasteiger partial charge in [0.15, 0.2) is 5.03 Å². The van der Waals surface area contributed by atoms with Gasteiger partial charge in [0.25, 0.3) is 0 Å². The van der Waals surface area contributed by atoms with Gasteiger partial charge in [0, 0.05) is 17.5 Å². The van der Waals surface area contributed by atoms with Gasteiger partial charge < -0.3 is 5.32 Å². The molecule has 7 heteroatoms. The van der Waals surface area contributed by atoms with Gasteiger partial charge in [0.1, 0.15) is 0 Å². The van der Waals surface area contributed by atoms with E-state index in [1.54, 1.807) is 12.3 Å². The summed E-state index contributed by atoms with van der Waals surface area (Å²) < 4.78 is 0. The van der Waals surface area contributed by atoms with Crippen LogP contribution in [0.3, 0.4) is 0 Å². The van der Waals surface area contributed by atoms with E-state index in [2.05, 4.69) is 10.3 Å². The molecule has 0 radical (unpaired) electrons. The molecule has 2 heterocycles. The molecular formula is C10H14ClN3O2S. The molecule has 5 nitrogen and oxygen atoms in total. The lowest BCUT2D eigenvalue weighted by Gasteiger charge is -2.21. The average molecular weight is 276 g/mol. The summed E-state index contributed by atoms with van der Waals surface area (Å²) in [5.74, 6) is 0. The summed E-state index contributed by atoms with van der Waals surface area (Å²) in [7, 11) is 0. The van der Waals surface area contributed by atoms with E-state index in [0.717, 1.165) is 25.9 Å². The smallest absolute Gasteiger partial charge is 0.301 e. The van der Waals surface area contributed by atoms with Gasteiger partial charge in [-0.2, -0.15) is 0 Å². The maximum Gasteiger partial charge on any atom is 0.301 e. The SMILES string of the molecule is Cl.O=[N+]([O-])c1cccnc1SC1CCNCC1. The monoisotopic (exact) mass is 275 g/mol. The molecule has 1 aliphatic rings. The fourth-order valence-electron chi connectivity index (χ4n) is 1.68. The summed E-state index contributed by atoms with van der Waals surface area (Å²) in [6.45, 7) is 1.97. The van der Waals surface area contributed by atoms with Crippen LogP contribution in [0, 0.1) is 10.1 Å². The lowest BCUT2D eigenvalue weighted by Crippen LogP contribution is -2.29. The van der Waals surface area contributed by atoms with Gasteiger partial charge in [0.05, 0.1) is 4.92 Å². The van der Waals surface area contributed by atoms with Gasteiger partial charge in [-0.3, -0.25) is 10.1 Å². The van der Waals surface area contributed by atoms with Crippen molar-refractivity contribution in [2.75, 3.05) is 13.1 Å². The minimum absolute atomic E-state index is 0. The molecule has 0 bridgehead atoms. The Labute approximate surface area is 110 Å². The first-order valence-corrected chi connectivity index (χ1v) is 6.12. The highest BCUT2D eigenvalue weighted by Gasteiger charge is 2.20. The van der Waals surface area contributed by atoms with Crippen LogP contribution in [0.15, 0.2) is 23.4 Å². The number of hydrogen-bond donors (Lipinski definition) is 1. The van der Waals surface area contributed by atoms with E-state index in [-0.39, 0.29) is 23.0 Å². The summed E-state index contributed by atoms with van der Waals surface area (Å²) >= 11 is 1.53. The molecule has 1 N–H and O–H groups in total. The van der Waals surface area contributed by atoms with Crippen molar-refractivity contribution in [3.8, 4) is 0 Å². The molecule has 0 saturated carbocycles. The van der Waals surface area contributed by atoms with Crippen LogP contribution in [0.1, 0.15) is 12.8 Å².